The van der Waals surface area contributed by atoms with Gasteiger partial charge in [-0.15, -0.1) is 0 Å². The zero-order valence-electron chi connectivity index (χ0n) is 15.4. The minimum Gasteiger partial charge on any atom is -0.457 e. The Morgan fingerprint density at radius 1 is 1.07 bits per heavy atom. The molecule has 6 heteroatoms. The van der Waals surface area contributed by atoms with Crippen LogP contribution in [0.5, 0.6) is 11.5 Å². The van der Waals surface area contributed by atoms with Crippen molar-refractivity contribution < 1.29 is 9.84 Å². The number of nitrogens with two attached hydrogens (primary N) is 1. The number of nitrogen functional groups attached to an aromatic ring is 1. The van der Waals surface area contributed by atoms with Crippen LogP contribution in [-0.2, 0) is 6.61 Å². The van der Waals surface area contributed by atoms with Crippen molar-refractivity contribution in [1.82, 2.24) is 9.61 Å². The maximum atomic E-state index is 9.09. The van der Waals surface area contributed by atoms with Crippen molar-refractivity contribution in [2.45, 2.75) is 13.5 Å². The minimum absolute atomic E-state index is 0.0590. The predicted octanol–water partition coefficient (Wildman–Crippen LogP) is 4.07. The number of hydrogen-bond acceptors (Lipinski definition) is 5. The highest BCUT2D eigenvalue weighted by atomic mass is 16.5. The van der Waals surface area contributed by atoms with Crippen molar-refractivity contribution in [3.05, 3.63) is 89.7 Å². The van der Waals surface area contributed by atoms with E-state index in [9.17, 15) is 0 Å². The highest BCUT2D eigenvalue weighted by molar-refractivity contribution is 5.79. The Bertz CT molecular complexity index is 1060. The standard InChI is InChI=1S/C12H10O.C10H10N4O/c1-3-7-11(8-4-1)13-12-9-5-2-6-10-12;1-6-8(5-15)4-14-10(6)9(12)7(2-11)3-13-14/h1-10H;3-4,15H,5,12H2,1H3. The maximum Gasteiger partial charge on any atom is 0.127 e. The van der Waals surface area contributed by atoms with Gasteiger partial charge in [0.25, 0.3) is 0 Å². The van der Waals surface area contributed by atoms with Crippen LogP contribution < -0.4 is 10.5 Å². The summed E-state index contributed by atoms with van der Waals surface area (Å²) in [4.78, 5) is 0. The molecule has 0 aliphatic heterocycles. The van der Waals surface area contributed by atoms with Gasteiger partial charge in [0.15, 0.2) is 0 Å². The molecule has 0 fully saturated rings. The molecule has 4 rings (SSSR count). The third-order valence-electron chi connectivity index (χ3n) is 4.21. The maximum absolute atomic E-state index is 9.09. The van der Waals surface area contributed by atoms with Crippen molar-refractivity contribution in [1.29, 1.82) is 5.26 Å². The minimum atomic E-state index is -0.0590. The molecule has 2 heterocycles. The van der Waals surface area contributed by atoms with Gasteiger partial charge in [-0.2, -0.15) is 10.4 Å². The van der Waals surface area contributed by atoms with Crippen molar-refractivity contribution in [3.63, 3.8) is 0 Å². The highest BCUT2D eigenvalue weighted by Gasteiger charge is 2.12. The molecule has 6 nitrogen and oxygen atoms in total. The van der Waals surface area contributed by atoms with E-state index in [1.165, 1.54) is 6.20 Å². The van der Waals surface area contributed by atoms with Crippen LogP contribution in [0.1, 0.15) is 16.7 Å². The summed E-state index contributed by atoms with van der Waals surface area (Å²) < 4.78 is 7.16. The first-order valence-corrected chi connectivity index (χ1v) is 8.68. The second kappa shape index (κ2) is 8.71. The Labute approximate surface area is 163 Å². The van der Waals surface area contributed by atoms with Crippen LogP contribution in [-0.4, -0.2) is 14.7 Å². The van der Waals surface area contributed by atoms with Gasteiger partial charge in [-0.1, -0.05) is 36.4 Å². The topological polar surface area (TPSA) is 96.6 Å². The number of aryl methyl sites for hydroxylation is 1. The monoisotopic (exact) mass is 372 g/mol. The summed E-state index contributed by atoms with van der Waals surface area (Å²) >= 11 is 0. The van der Waals surface area contributed by atoms with E-state index in [0.717, 1.165) is 22.6 Å². The molecule has 28 heavy (non-hydrogen) atoms. The lowest BCUT2D eigenvalue weighted by Gasteiger charge is -2.03. The van der Waals surface area contributed by atoms with E-state index in [1.54, 1.807) is 10.7 Å². The fourth-order valence-corrected chi connectivity index (χ4v) is 2.73. The average molecular weight is 372 g/mol. The summed E-state index contributed by atoms with van der Waals surface area (Å²) in [6.45, 7) is 1.79. The number of hydrogen-bond donors (Lipinski definition) is 2. The average Bonchev–Trinajstić information content (AvgIpc) is 3.07. The number of ether oxygens (including phenoxy) is 1. The largest absolute Gasteiger partial charge is 0.457 e. The second-order valence-electron chi connectivity index (χ2n) is 6.04. The van der Waals surface area contributed by atoms with Gasteiger partial charge in [-0.3, -0.25) is 0 Å². The summed E-state index contributed by atoms with van der Waals surface area (Å²) in [5, 5.41) is 21.9. The third kappa shape index (κ3) is 4.11. The van der Waals surface area contributed by atoms with Crippen molar-refractivity contribution in [2.75, 3.05) is 5.73 Å². The van der Waals surface area contributed by atoms with Gasteiger partial charge in [0.2, 0.25) is 0 Å². The zero-order chi connectivity index (χ0) is 19.9. The van der Waals surface area contributed by atoms with Crippen molar-refractivity contribution in [3.8, 4) is 17.6 Å². The molecule has 140 valence electrons. The molecule has 0 saturated heterocycles. The number of para-hydroxylation sites is 2. The third-order valence-corrected chi connectivity index (χ3v) is 4.21. The molecule has 0 radical (unpaired) electrons. The summed E-state index contributed by atoms with van der Waals surface area (Å²) in [5.74, 6) is 1.74. The summed E-state index contributed by atoms with van der Waals surface area (Å²) in [6, 6.07) is 21.5. The lowest BCUT2D eigenvalue weighted by Crippen LogP contribution is -1.99. The molecule has 0 saturated carbocycles. The molecule has 0 spiro atoms. The molecular weight excluding hydrogens is 352 g/mol. The van der Waals surface area contributed by atoms with Gasteiger partial charge < -0.3 is 15.6 Å². The number of nitrogens with zero attached hydrogens (tertiary/aromatic N) is 3. The van der Waals surface area contributed by atoms with Gasteiger partial charge in [0.05, 0.1) is 29.6 Å². The van der Waals surface area contributed by atoms with Crippen LogP contribution in [0.3, 0.4) is 0 Å². The van der Waals surface area contributed by atoms with E-state index >= 15 is 0 Å². The van der Waals surface area contributed by atoms with E-state index in [2.05, 4.69) is 5.10 Å². The Balaban J connectivity index is 0.000000162. The molecule has 0 aliphatic rings. The van der Waals surface area contributed by atoms with Crippen LogP contribution in [0.25, 0.3) is 5.52 Å². The Morgan fingerprint density at radius 2 is 1.64 bits per heavy atom. The van der Waals surface area contributed by atoms with Crippen LogP contribution in [0.2, 0.25) is 0 Å². The number of anilines is 1. The lowest BCUT2D eigenvalue weighted by molar-refractivity contribution is 0.281. The fourth-order valence-electron chi connectivity index (χ4n) is 2.73. The molecule has 0 amide bonds. The Kier molecular flexibility index (Phi) is 5.90. The zero-order valence-corrected chi connectivity index (χ0v) is 15.4. The predicted molar refractivity (Wildman–Crippen MR) is 108 cm³/mol. The Hall–Kier alpha value is -3.82. The molecule has 0 unspecified atom stereocenters. The van der Waals surface area contributed by atoms with E-state index in [-0.39, 0.29) is 6.61 Å². The number of nitriles is 1. The summed E-state index contributed by atoms with van der Waals surface area (Å²) in [7, 11) is 0. The first-order valence-electron chi connectivity index (χ1n) is 8.68. The van der Waals surface area contributed by atoms with Crippen molar-refractivity contribution >= 4 is 11.2 Å². The molecule has 2 aromatic carbocycles. The molecule has 0 aliphatic carbocycles. The van der Waals surface area contributed by atoms with E-state index < -0.39 is 0 Å². The summed E-state index contributed by atoms with van der Waals surface area (Å²) in [6.07, 6.45) is 3.13. The molecule has 4 aromatic rings. The fraction of sp³-hybridized carbons (Fsp3) is 0.0909. The number of rotatable bonds is 3. The number of benzene rings is 2. The lowest BCUT2D eigenvalue weighted by atomic mass is 10.1. The number of aliphatic hydroxyl groups is 1. The normalized spacial score (nSPS) is 10.0. The van der Waals surface area contributed by atoms with Crippen LogP contribution in [0.4, 0.5) is 5.69 Å². The van der Waals surface area contributed by atoms with E-state index in [0.29, 0.717) is 16.8 Å². The highest BCUT2D eigenvalue weighted by Crippen LogP contribution is 2.24. The van der Waals surface area contributed by atoms with Gasteiger partial charge in [0, 0.05) is 11.8 Å². The number of aliphatic hydroxyl groups excluding tert-OH is 1. The van der Waals surface area contributed by atoms with Gasteiger partial charge in [-0.05, 0) is 36.8 Å². The molecule has 3 N–H and O–H groups in total. The Morgan fingerprint density at radius 3 is 2.14 bits per heavy atom. The molecule has 0 bridgehead atoms. The van der Waals surface area contributed by atoms with Gasteiger partial charge in [0.1, 0.15) is 17.6 Å². The van der Waals surface area contributed by atoms with Crippen LogP contribution in [0, 0.1) is 18.3 Å². The first kappa shape index (κ1) is 19.0. The quantitative estimate of drug-likeness (QED) is 0.565. The van der Waals surface area contributed by atoms with E-state index in [4.69, 9.17) is 20.8 Å². The van der Waals surface area contributed by atoms with Crippen molar-refractivity contribution in [2.24, 2.45) is 0 Å². The van der Waals surface area contributed by atoms with Gasteiger partial charge in [-0.25, -0.2) is 4.52 Å². The smallest absolute Gasteiger partial charge is 0.127 e. The SMILES string of the molecule is Cc1c(CO)cn2ncc(C#N)c(N)c12.c1ccc(Oc2ccccc2)cc1. The molecule has 2 aromatic heterocycles. The van der Waals surface area contributed by atoms with Gasteiger partial charge >= 0.3 is 0 Å². The van der Waals surface area contributed by atoms with Crippen LogP contribution in [0.15, 0.2) is 73.1 Å². The number of aromatic nitrogens is 2. The molecule has 0 atom stereocenters. The van der Waals surface area contributed by atoms with Crippen LogP contribution >= 0.6 is 0 Å². The van der Waals surface area contributed by atoms with E-state index in [1.807, 2.05) is 73.7 Å². The second-order valence-corrected chi connectivity index (χ2v) is 6.04. The molecular formula is C22H20N4O2. The summed E-state index contributed by atoms with van der Waals surface area (Å²) in [5.41, 5.74) is 8.92. The first-order chi connectivity index (χ1) is 13.6. The number of fused-ring (bicyclic) bond motifs is 1.